The maximum absolute atomic E-state index is 12.5. The normalized spacial score (nSPS) is 10.0. The third-order valence-electron chi connectivity index (χ3n) is 3.73. The van der Waals surface area contributed by atoms with Crippen molar-refractivity contribution in [2.75, 3.05) is 32.2 Å². The quantitative estimate of drug-likeness (QED) is 0.839. The summed E-state index contributed by atoms with van der Waals surface area (Å²) in [6.07, 6.45) is 0. The summed E-state index contributed by atoms with van der Waals surface area (Å²) in [5.74, 6) is 0.642. The van der Waals surface area contributed by atoms with Crippen molar-refractivity contribution >= 4 is 17.5 Å². The number of methoxy groups -OCH3 is 2. The highest BCUT2D eigenvalue weighted by Crippen LogP contribution is 2.31. The van der Waals surface area contributed by atoms with Crippen molar-refractivity contribution in [3.63, 3.8) is 0 Å². The average Bonchev–Trinajstić information content (AvgIpc) is 2.67. The molecule has 0 aliphatic heterocycles. The smallest absolute Gasteiger partial charge is 0.251 e. The number of anilines is 1. The number of nitrogens with one attached hydrogen (secondary N) is 1. The first-order valence-corrected chi connectivity index (χ1v) is 7.96. The summed E-state index contributed by atoms with van der Waals surface area (Å²) < 4.78 is 10.5. The molecule has 0 aliphatic rings. The van der Waals surface area contributed by atoms with E-state index in [2.05, 4.69) is 5.32 Å². The van der Waals surface area contributed by atoms with Gasteiger partial charge in [0, 0.05) is 23.9 Å². The van der Waals surface area contributed by atoms with Crippen LogP contribution in [0.25, 0.3) is 0 Å². The van der Waals surface area contributed by atoms with Crippen LogP contribution < -0.4 is 19.7 Å². The van der Waals surface area contributed by atoms with E-state index in [1.165, 1.54) is 0 Å². The summed E-state index contributed by atoms with van der Waals surface area (Å²) in [6.45, 7) is 2.25. The van der Waals surface area contributed by atoms with Gasteiger partial charge in [0.2, 0.25) is 5.91 Å². The van der Waals surface area contributed by atoms with Crippen molar-refractivity contribution in [1.82, 2.24) is 5.32 Å². The van der Waals surface area contributed by atoms with E-state index in [0.717, 1.165) is 0 Å². The first-order valence-electron chi connectivity index (χ1n) is 7.96. The Morgan fingerprint density at radius 3 is 2.28 bits per heavy atom. The van der Waals surface area contributed by atoms with Gasteiger partial charge in [0.25, 0.3) is 5.91 Å². The Labute approximate surface area is 147 Å². The van der Waals surface area contributed by atoms with Gasteiger partial charge in [-0.1, -0.05) is 18.2 Å². The number of rotatable bonds is 7. The van der Waals surface area contributed by atoms with Crippen LogP contribution in [-0.4, -0.2) is 39.1 Å². The molecule has 0 unspecified atom stereocenters. The summed E-state index contributed by atoms with van der Waals surface area (Å²) in [5, 5.41) is 2.65. The van der Waals surface area contributed by atoms with Crippen molar-refractivity contribution in [2.45, 2.75) is 6.92 Å². The van der Waals surface area contributed by atoms with E-state index in [0.29, 0.717) is 29.3 Å². The molecule has 0 heterocycles. The van der Waals surface area contributed by atoms with Gasteiger partial charge in [-0.15, -0.1) is 0 Å². The van der Waals surface area contributed by atoms with Crippen LogP contribution in [0.15, 0.2) is 48.5 Å². The fourth-order valence-electron chi connectivity index (χ4n) is 2.44. The van der Waals surface area contributed by atoms with E-state index in [4.69, 9.17) is 9.47 Å². The molecule has 0 atom stereocenters. The summed E-state index contributed by atoms with van der Waals surface area (Å²) in [5.41, 5.74) is 1.20. The molecule has 132 valence electrons. The molecule has 2 aromatic rings. The number of benzene rings is 2. The van der Waals surface area contributed by atoms with Crippen LogP contribution in [0.2, 0.25) is 0 Å². The number of hydrogen-bond donors (Lipinski definition) is 1. The monoisotopic (exact) mass is 342 g/mol. The molecule has 0 aliphatic carbocycles. The van der Waals surface area contributed by atoms with Gasteiger partial charge in [0.15, 0.2) is 11.5 Å². The minimum Gasteiger partial charge on any atom is -0.493 e. The SMILES string of the molecule is CCN(C(=O)CNC(=O)c1ccccc1)c1ccc(OC)c(OC)c1. The number of ether oxygens (including phenoxy) is 2. The van der Waals surface area contributed by atoms with Crippen molar-refractivity contribution in [1.29, 1.82) is 0 Å². The second-order valence-corrected chi connectivity index (χ2v) is 5.23. The van der Waals surface area contributed by atoms with Gasteiger partial charge in [-0.3, -0.25) is 9.59 Å². The third-order valence-corrected chi connectivity index (χ3v) is 3.73. The van der Waals surface area contributed by atoms with Crippen molar-refractivity contribution in [3.8, 4) is 11.5 Å². The van der Waals surface area contributed by atoms with Crippen LogP contribution >= 0.6 is 0 Å². The molecule has 0 saturated heterocycles. The Hall–Kier alpha value is -3.02. The second kappa shape index (κ2) is 8.73. The number of amides is 2. The molecule has 0 spiro atoms. The zero-order valence-corrected chi connectivity index (χ0v) is 14.6. The van der Waals surface area contributed by atoms with Gasteiger partial charge in [0.1, 0.15) is 0 Å². The van der Waals surface area contributed by atoms with Gasteiger partial charge in [-0.2, -0.15) is 0 Å². The lowest BCUT2D eigenvalue weighted by atomic mass is 10.2. The summed E-state index contributed by atoms with van der Waals surface area (Å²) in [4.78, 5) is 26.1. The zero-order valence-electron chi connectivity index (χ0n) is 14.6. The number of nitrogens with zero attached hydrogens (tertiary/aromatic N) is 1. The van der Waals surface area contributed by atoms with E-state index in [1.807, 2.05) is 13.0 Å². The molecular formula is C19H22N2O4. The second-order valence-electron chi connectivity index (χ2n) is 5.23. The lowest BCUT2D eigenvalue weighted by Gasteiger charge is -2.22. The Bertz CT molecular complexity index is 731. The minimum absolute atomic E-state index is 0.0874. The lowest BCUT2D eigenvalue weighted by Crippen LogP contribution is -2.40. The molecule has 2 aromatic carbocycles. The maximum atomic E-state index is 12.5. The molecule has 2 rings (SSSR count). The molecule has 1 N–H and O–H groups in total. The third kappa shape index (κ3) is 4.50. The Balaban J connectivity index is 2.07. The van der Waals surface area contributed by atoms with Crippen LogP contribution in [0.5, 0.6) is 11.5 Å². The maximum Gasteiger partial charge on any atom is 0.251 e. The highest BCUT2D eigenvalue weighted by molar-refractivity contribution is 6.00. The molecule has 6 heteroatoms. The molecule has 0 radical (unpaired) electrons. The van der Waals surface area contributed by atoms with E-state index >= 15 is 0 Å². The van der Waals surface area contributed by atoms with Crippen molar-refractivity contribution in [2.24, 2.45) is 0 Å². The van der Waals surface area contributed by atoms with Crippen LogP contribution in [-0.2, 0) is 4.79 Å². The molecule has 6 nitrogen and oxygen atoms in total. The van der Waals surface area contributed by atoms with E-state index in [9.17, 15) is 9.59 Å². The molecule has 0 aromatic heterocycles. The molecule has 0 saturated carbocycles. The predicted octanol–water partition coefficient (Wildman–Crippen LogP) is 2.49. The van der Waals surface area contributed by atoms with E-state index in [-0.39, 0.29) is 18.4 Å². The average molecular weight is 342 g/mol. The topological polar surface area (TPSA) is 67.9 Å². The van der Waals surface area contributed by atoms with Crippen molar-refractivity contribution < 1.29 is 19.1 Å². The van der Waals surface area contributed by atoms with E-state index < -0.39 is 0 Å². The molecule has 0 bridgehead atoms. The highest BCUT2D eigenvalue weighted by Gasteiger charge is 2.17. The van der Waals surface area contributed by atoms with Gasteiger partial charge < -0.3 is 19.7 Å². The number of carbonyl (C=O) groups is 2. The van der Waals surface area contributed by atoms with Crippen LogP contribution in [0.3, 0.4) is 0 Å². The van der Waals surface area contributed by atoms with Gasteiger partial charge in [-0.25, -0.2) is 0 Å². The molecule has 2 amide bonds. The lowest BCUT2D eigenvalue weighted by molar-refractivity contribution is -0.117. The van der Waals surface area contributed by atoms with Gasteiger partial charge in [-0.05, 0) is 31.2 Å². The number of likely N-dealkylation sites (N-methyl/N-ethyl adjacent to an activating group) is 1. The molecule has 0 fully saturated rings. The Morgan fingerprint density at radius 2 is 1.68 bits per heavy atom. The summed E-state index contributed by atoms with van der Waals surface area (Å²) in [7, 11) is 3.10. The number of hydrogen-bond acceptors (Lipinski definition) is 4. The summed E-state index contributed by atoms with van der Waals surface area (Å²) >= 11 is 0. The van der Waals surface area contributed by atoms with Crippen LogP contribution in [0.4, 0.5) is 5.69 Å². The molecule has 25 heavy (non-hydrogen) atoms. The Morgan fingerprint density at radius 1 is 1.00 bits per heavy atom. The fourth-order valence-corrected chi connectivity index (χ4v) is 2.44. The standard InChI is InChI=1S/C19H22N2O4/c1-4-21(15-10-11-16(24-2)17(12-15)25-3)18(22)13-20-19(23)14-8-6-5-7-9-14/h5-12H,4,13H2,1-3H3,(H,20,23). The van der Waals surface area contributed by atoms with Gasteiger partial charge >= 0.3 is 0 Å². The van der Waals surface area contributed by atoms with E-state index in [1.54, 1.807) is 61.6 Å². The highest BCUT2D eigenvalue weighted by atomic mass is 16.5. The van der Waals surface area contributed by atoms with Crippen LogP contribution in [0.1, 0.15) is 17.3 Å². The molecular weight excluding hydrogens is 320 g/mol. The number of carbonyl (C=O) groups excluding carboxylic acids is 2. The van der Waals surface area contributed by atoms with Crippen LogP contribution in [0, 0.1) is 0 Å². The first kappa shape index (κ1) is 18.3. The largest absolute Gasteiger partial charge is 0.493 e. The summed E-state index contributed by atoms with van der Waals surface area (Å²) in [6, 6.07) is 14.0. The minimum atomic E-state index is -0.280. The first-order chi connectivity index (χ1) is 12.1. The Kier molecular flexibility index (Phi) is 6.39. The fraction of sp³-hybridized carbons (Fsp3) is 0.263. The van der Waals surface area contributed by atoms with Gasteiger partial charge in [0.05, 0.1) is 20.8 Å². The zero-order chi connectivity index (χ0) is 18.2. The van der Waals surface area contributed by atoms with Crippen molar-refractivity contribution in [3.05, 3.63) is 54.1 Å². The predicted molar refractivity (Wildman–Crippen MR) is 96.3 cm³/mol.